The van der Waals surface area contributed by atoms with Crippen molar-refractivity contribution in [1.29, 1.82) is 0 Å². The Morgan fingerprint density at radius 3 is 2.61 bits per heavy atom. The van der Waals surface area contributed by atoms with Crippen LogP contribution in [0.15, 0.2) is 28.7 Å². The maximum absolute atomic E-state index is 3.79. The van der Waals surface area contributed by atoms with Gasteiger partial charge in [0.2, 0.25) is 0 Å². The zero-order valence-corrected chi connectivity index (χ0v) is 13.0. The highest BCUT2D eigenvalue weighted by Gasteiger charge is 2.21. The fraction of sp³-hybridized carbons (Fsp3) is 0.625. The zero-order valence-electron chi connectivity index (χ0n) is 11.5. The molecule has 0 aliphatic heterocycles. The molecule has 0 aromatic heterocycles. The van der Waals surface area contributed by atoms with E-state index in [1.54, 1.807) is 0 Å². The molecule has 0 bridgehead atoms. The standard InChI is InChI=1S/C16H24BrN/c1-3-13-7-9-16(10-8-13)18-12(2)14-5-4-6-15(17)11-14/h4-6,11-13,16,18H,3,7-10H2,1-2H3/t12-,13?,16?/m0/s1. The van der Waals surface area contributed by atoms with Crippen molar-refractivity contribution in [1.82, 2.24) is 5.32 Å². The van der Waals surface area contributed by atoms with Gasteiger partial charge in [-0.25, -0.2) is 0 Å². The van der Waals surface area contributed by atoms with Gasteiger partial charge in [0.1, 0.15) is 0 Å². The molecule has 0 spiro atoms. The van der Waals surface area contributed by atoms with Crippen LogP contribution in [0.4, 0.5) is 0 Å². The van der Waals surface area contributed by atoms with E-state index >= 15 is 0 Å². The Bertz CT molecular complexity index is 369. The molecular formula is C16H24BrN. The van der Waals surface area contributed by atoms with Crippen LogP contribution in [0.5, 0.6) is 0 Å². The predicted molar refractivity (Wildman–Crippen MR) is 81.7 cm³/mol. The first-order chi connectivity index (χ1) is 8.69. The van der Waals surface area contributed by atoms with Gasteiger partial charge in [-0.2, -0.15) is 0 Å². The maximum Gasteiger partial charge on any atom is 0.0294 e. The average Bonchev–Trinajstić information content (AvgIpc) is 2.39. The smallest absolute Gasteiger partial charge is 0.0294 e. The van der Waals surface area contributed by atoms with Crippen molar-refractivity contribution in [2.75, 3.05) is 0 Å². The number of halogens is 1. The van der Waals surface area contributed by atoms with Gasteiger partial charge < -0.3 is 5.32 Å². The minimum atomic E-state index is 0.450. The molecule has 1 saturated carbocycles. The van der Waals surface area contributed by atoms with E-state index in [2.05, 4.69) is 59.4 Å². The number of nitrogens with one attached hydrogen (secondary N) is 1. The topological polar surface area (TPSA) is 12.0 Å². The summed E-state index contributed by atoms with van der Waals surface area (Å²) in [5.41, 5.74) is 1.38. The number of rotatable bonds is 4. The normalized spacial score (nSPS) is 25.9. The first-order valence-corrected chi connectivity index (χ1v) is 8.00. The van der Waals surface area contributed by atoms with Crippen LogP contribution in [0.2, 0.25) is 0 Å². The lowest BCUT2D eigenvalue weighted by molar-refractivity contribution is 0.273. The van der Waals surface area contributed by atoms with E-state index in [0.717, 1.165) is 5.92 Å². The molecule has 1 aromatic carbocycles. The molecule has 1 aliphatic carbocycles. The first-order valence-electron chi connectivity index (χ1n) is 7.20. The summed E-state index contributed by atoms with van der Waals surface area (Å²) in [6.45, 7) is 4.59. The van der Waals surface area contributed by atoms with Crippen LogP contribution in [-0.4, -0.2) is 6.04 Å². The second-order valence-electron chi connectivity index (χ2n) is 5.57. The van der Waals surface area contributed by atoms with Crippen LogP contribution in [0, 0.1) is 5.92 Å². The second kappa shape index (κ2) is 6.72. The average molecular weight is 310 g/mol. The van der Waals surface area contributed by atoms with Gasteiger partial charge >= 0.3 is 0 Å². The third-order valence-corrected chi connectivity index (χ3v) is 4.75. The quantitative estimate of drug-likeness (QED) is 0.819. The maximum atomic E-state index is 3.79. The Hall–Kier alpha value is -0.340. The van der Waals surface area contributed by atoms with Gasteiger partial charge in [0, 0.05) is 16.6 Å². The molecule has 2 heteroatoms. The summed E-state index contributed by atoms with van der Waals surface area (Å²) in [6.07, 6.45) is 6.85. The summed E-state index contributed by atoms with van der Waals surface area (Å²) in [6, 6.07) is 9.79. The largest absolute Gasteiger partial charge is 0.307 e. The monoisotopic (exact) mass is 309 g/mol. The summed E-state index contributed by atoms with van der Waals surface area (Å²) in [7, 11) is 0. The molecule has 0 radical (unpaired) electrons. The van der Waals surface area contributed by atoms with Gasteiger partial charge in [-0.1, -0.05) is 41.4 Å². The summed E-state index contributed by atoms with van der Waals surface area (Å²) in [5.74, 6) is 0.976. The van der Waals surface area contributed by atoms with E-state index in [9.17, 15) is 0 Å². The van der Waals surface area contributed by atoms with Crippen LogP contribution in [0.25, 0.3) is 0 Å². The van der Waals surface area contributed by atoms with Crippen molar-refractivity contribution in [3.8, 4) is 0 Å². The van der Waals surface area contributed by atoms with Gasteiger partial charge in [-0.05, 0) is 56.2 Å². The van der Waals surface area contributed by atoms with Crippen LogP contribution in [0.3, 0.4) is 0 Å². The third kappa shape index (κ3) is 3.83. The molecule has 1 fully saturated rings. The molecule has 1 N–H and O–H groups in total. The number of hydrogen-bond donors (Lipinski definition) is 1. The molecular weight excluding hydrogens is 286 g/mol. The molecule has 0 unspecified atom stereocenters. The van der Waals surface area contributed by atoms with E-state index in [1.165, 1.54) is 42.1 Å². The van der Waals surface area contributed by atoms with E-state index in [-0.39, 0.29) is 0 Å². The number of hydrogen-bond acceptors (Lipinski definition) is 1. The predicted octanol–water partition coefficient (Wildman–Crippen LogP) is 5.07. The van der Waals surface area contributed by atoms with E-state index in [4.69, 9.17) is 0 Å². The highest BCUT2D eigenvalue weighted by Crippen LogP contribution is 2.28. The minimum absolute atomic E-state index is 0.450. The van der Waals surface area contributed by atoms with Gasteiger partial charge in [-0.3, -0.25) is 0 Å². The lowest BCUT2D eigenvalue weighted by Gasteiger charge is -2.31. The summed E-state index contributed by atoms with van der Waals surface area (Å²) in [4.78, 5) is 0. The van der Waals surface area contributed by atoms with Crippen molar-refractivity contribution in [2.45, 2.75) is 58.0 Å². The van der Waals surface area contributed by atoms with Crippen molar-refractivity contribution in [3.63, 3.8) is 0 Å². The van der Waals surface area contributed by atoms with E-state index < -0.39 is 0 Å². The summed E-state index contributed by atoms with van der Waals surface area (Å²) >= 11 is 3.55. The van der Waals surface area contributed by atoms with Crippen LogP contribution >= 0.6 is 15.9 Å². The highest BCUT2D eigenvalue weighted by atomic mass is 79.9. The Labute approximate surface area is 119 Å². The fourth-order valence-corrected chi connectivity index (χ4v) is 3.38. The Kier molecular flexibility index (Phi) is 5.25. The van der Waals surface area contributed by atoms with Crippen molar-refractivity contribution in [2.24, 2.45) is 5.92 Å². The van der Waals surface area contributed by atoms with Gasteiger partial charge in [-0.15, -0.1) is 0 Å². The molecule has 0 amide bonds. The van der Waals surface area contributed by atoms with Gasteiger partial charge in [0.15, 0.2) is 0 Å². The highest BCUT2D eigenvalue weighted by molar-refractivity contribution is 9.10. The number of benzene rings is 1. The van der Waals surface area contributed by atoms with Gasteiger partial charge in [0.25, 0.3) is 0 Å². The zero-order chi connectivity index (χ0) is 13.0. The van der Waals surface area contributed by atoms with Crippen molar-refractivity contribution >= 4 is 15.9 Å². The fourth-order valence-electron chi connectivity index (χ4n) is 2.96. The first kappa shape index (κ1) is 14.1. The molecule has 100 valence electrons. The Morgan fingerprint density at radius 2 is 2.00 bits per heavy atom. The lowest BCUT2D eigenvalue weighted by atomic mass is 9.84. The van der Waals surface area contributed by atoms with Crippen LogP contribution in [0.1, 0.15) is 57.6 Å². The SMILES string of the molecule is CCC1CCC(N[C@@H](C)c2cccc(Br)c2)CC1. The Morgan fingerprint density at radius 1 is 1.28 bits per heavy atom. The lowest BCUT2D eigenvalue weighted by Crippen LogP contribution is -2.34. The summed E-state index contributed by atoms with van der Waals surface area (Å²) in [5, 5.41) is 3.79. The third-order valence-electron chi connectivity index (χ3n) is 4.26. The molecule has 1 aromatic rings. The van der Waals surface area contributed by atoms with Crippen molar-refractivity contribution in [3.05, 3.63) is 34.3 Å². The van der Waals surface area contributed by atoms with Gasteiger partial charge in [0.05, 0.1) is 0 Å². The molecule has 1 nitrogen and oxygen atoms in total. The van der Waals surface area contributed by atoms with E-state index in [1.807, 2.05) is 0 Å². The summed E-state index contributed by atoms with van der Waals surface area (Å²) < 4.78 is 1.17. The van der Waals surface area contributed by atoms with Crippen molar-refractivity contribution < 1.29 is 0 Å². The molecule has 1 aliphatic rings. The molecule has 0 heterocycles. The Balaban J connectivity index is 1.86. The van der Waals surface area contributed by atoms with Crippen LogP contribution < -0.4 is 5.32 Å². The van der Waals surface area contributed by atoms with E-state index in [0.29, 0.717) is 12.1 Å². The molecule has 2 rings (SSSR count). The molecule has 1 atom stereocenters. The second-order valence-corrected chi connectivity index (χ2v) is 6.48. The molecule has 0 saturated heterocycles. The molecule has 18 heavy (non-hydrogen) atoms. The minimum Gasteiger partial charge on any atom is -0.307 e. The van der Waals surface area contributed by atoms with Crippen LogP contribution in [-0.2, 0) is 0 Å².